The van der Waals surface area contributed by atoms with Gasteiger partial charge in [-0.05, 0) is 6.07 Å². The lowest BCUT2D eigenvalue weighted by molar-refractivity contribution is -0.385. The third kappa shape index (κ3) is 2.34. The van der Waals surface area contributed by atoms with Crippen LogP contribution >= 0.6 is 24.0 Å². The third-order valence-corrected chi connectivity index (χ3v) is 1.08. The molecule has 1 rings (SSSR count). The number of nitrogens with zero attached hydrogens (tertiary/aromatic N) is 1. The number of hydrogen-bond acceptors (Lipinski definition) is 3. The zero-order valence-electron chi connectivity index (χ0n) is 5.43. The van der Waals surface area contributed by atoms with Crippen LogP contribution in [0.15, 0.2) is 24.3 Å². The van der Waals surface area contributed by atoms with Gasteiger partial charge >= 0.3 is 5.69 Å². The van der Waals surface area contributed by atoms with Crippen LogP contribution in [0.5, 0.6) is 5.75 Å². The number of benzene rings is 1. The van der Waals surface area contributed by atoms with Crippen molar-refractivity contribution in [3.05, 3.63) is 34.4 Å². The summed E-state index contributed by atoms with van der Waals surface area (Å²) in [7, 11) is 0. The summed E-state index contributed by atoms with van der Waals surface area (Å²) >= 11 is 0. The zero-order valence-corrected chi connectivity index (χ0v) is 7.76. The first-order valence-corrected chi connectivity index (χ1v) is 2.64. The van der Waals surface area contributed by atoms with E-state index in [1.807, 2.05) is 0 Å². The highest BCUT2D eigenvalue weighted by Gasteiger charge is 2.09. The SMILES string of the molecule is I.O=[N+]([O-])c1ccccc1O. The smallest absolute Gasteiger partial charge is 0.310 e. The van der Waals surface area contributed by atoms with E-state index >= 15 is 0 Å². The molecular formula is C6H6INO3. The fourth-order valence-electron chi connectivity index (χ4n) is 0.619. The molecule has 0 heterocycles. The van der Waals surface area contributed by atoms with Gasteiger partial charge in [-0.3, -0.25) is 10.1 Å². The number of phenolic OH excluding ortho intramolecular Hbond substituents is 1. The van der Waals surface area contributed by atoms with Crippen molar-refractivity contribution in [3.8, 4) is 5.75 Å². The van der Waals surface area contributed by atoms with Crippen LogP contribution < -0.4 is 0 Å². The van der Waals surface area contributed by atoms with Crippen molar-refractivity contribution < 1.29 is 10.0 Å². The van der Waals surface area contributed by atoms with Gasteiger partial charge < -0.3 is 5.11 Å². The maximum Gasteiger partial charge on any atom is 0.310 e. The first-order valence-electron chi connectivity index (χ1n) is 2.64. The van der Waals surface area contributed by atoms with Gasteiger partial charge in [0.1, 0.15) is 0 Å². The van der Waals surface area contributed by atoms with E-state index in [2.05, 4.69) is 0 Å². The van der Waals surface area contributed by atoms with Crippen molar-refractivity contribution in [3.63, 3.8) is 0 Å². The standard InChI is InChI=1S/C6H5NO3.HI/c8-6-4-2-1-3-5(6)7(9)10;/h1-4,8H;1H. The van der Waals surface area contributed by atoms with Crippen LogP contribution in [0, 0.1) is 10.1 Å². The molecule has 0 unspecified atom stereocenters. The number of nitro groups is 1. The molecule has 0 saturated heterocycles. The van der Waals surface area contributed by atoms with E-state index in [-0.39, 0.29) is 35.4 Å². The molecule has 0 aromatic heterocycles. The van der Waals surface area contributed by atoms with Crippen LogP contribution in [-0.4, -0.2) is 10.0 Å². The Morgan fingerprint density at radius 1 is 1.36 bits per heavy atom. The second-order valence-electron chi connectivity index (χ2n) is 1.75. The topological polar surface area (TPSA) is 63.4 Å². The summed E-state index contributed by atoms with van der Waals surface area (Å²) in [5.74, 6) is -0.299. The van der Waals surface area contributed by atoms with Crippen molar-refractivity contribution in [2.75, 3.05) is 0 Å². The molecule has 0 aliphatic rings. The minimum Gasteiger partial charge on any atom is -0.502 e. The van der Waals surface area contributed by atoms with Gasteiger partial charge in [-0.2, -0.15) is 0 Å². The number of rotatable bonds is 1. The van der Waals surface area contributed by atoms with Gasteiger partial charge in [0.05, 0.1) is 4.92 Å². The van der Waals surface area contributed by atoms with Crippen molar-refractivity contribution in [1.82, 2.24) is 0 Å². The van der Waals surface area contributed by atoms with Crippen molar-refractivity contribution >= 4 is 29.7 Å². The summed E-state index contributed by atoms with van der Waals surface area (Å²) in [6.45, 7) is 0. The van der Waals surface area contributed by atoms with E-state index in [1.54, 1.807) is 0 Å². The van der Waals surface area contributed by atoms with E-state index in [4.69, 9.17) is 5.11 Å². The van der Waals surface area contributed by atoms with E-state index in [9.17, 15) is 10.1 Å². The first-order chi connectivity index (χ1) is 4.72. The zero-order chi connectivity index (χ0) is 7.56. The predicted molar refractivity (Wildman–Crippen MR) is 50.2 cm³/mol. The van der Waals surface area contributed by atoms with E-state index in [0.717, 1.165) is 0 Å². The summed E-state index contributed by atoms with van der Waals surface area (Å²) in [5.41, 5.74) is -0.262. The maximum atomic E-state index is 10.1. The van der Waals surface area contributed by atoms with Crippen molar-refractivity contribution in [2.45, 2.75) is 0 Å². The Bertz CT molecular complexity index is 264. The second-order valence-corrected chi connectivity index (χ2v) is 1.75. The number of hydrogen-bond donors (Lipinski definition) is 1. The van der Waals surface area contributed by atoms with Crippen molar-refractivity contribution in [1.29, 1.82) is 0 Å². The lowest BCUT2D eigenvalue weighted by Gasteiger charge is -1.91. The Morgan fingerprint density at radius 3 is 2.27 bits per heavy atom. The summed E-state index contributed by atoms with van der Waals surface area (Å²) in [6.07, 6.45) is 0. The molecule has 0 bridgehead atoms. The van der Waals surface area contributed by atoms with Gasteiger partial charge in [-0.1, -0.05) is 12.1 Å². The molecule has 11 heavy (non-hydrogen) atoms. The molecule has 4 nitrogen and oxygen atoms in total. The van der Waals surface area contributed by atoms with Crippen LogP contribution in [0.2, 0.25) is 0 Å². The lowest BCUT2D eigenvalue weighted by atomic mass is 10.3. The molecule has 1 N–H and O–H groups in total. The highest BCUT2D eigenvalue weighted by atomic mass is 127. The van der Waals surface area contributed by atoms with Crippen LogP contribution in [0.1, 0.15) is 0 Å². The van der Waals surface area contributed by atoms with E-state index < -0.39 is 4.92 Å². The van der Waals surface area contributed by atoms with Gasteiger partial charge in [0, 0.05) is 6.07 Å². The van der Waals surface area contributed by atoms with Crippen LogP contribution in [0.25, 0.3) is 0 Å². The molecule has 0 fully saturated rings. The molecule has 1 aromatic rings. The van der Waals surface area contributed by atoms with Gasteiger partial charge in [0.15, 0.2) is 5.75 Å². The van der Waals surface area contributed by atoms with Crippen LogP contribution in [0.4, 0.5) is 5.69 Å². The van der Waals surface area contributed by atoms with E-state index in [0.29, 0.717) is 0 Å². The summed E-state index contributed by atoms with van der Waals surface area (Å²) in [6, 6.07) is 5.55. The normalized spacial score (nSPS) is 8.36. The van der Waals surface area contributed by atoms with E-state index in [1.165, 1.54) is 24.3 Å². The fraction of sp³-hybridized carbons (Fsp3) is 0. The predicted octanol–water partition coefficient (Wildman–Crippen LogP) is 1.92. The maximum absolute atomic E-state index is 10.1. The average Bonchev–Trinajstić information content (AvgIpc) is 1.88. The molecule has 0 spiro atoms. The minimum atomic E-state index is -0.630. The number of aromatic hydroxyl groups is 1. The molecule has 5 heteroatoms. The monoisotopic (exact) mass is 267 g/mol. The molecular weight excluding hydrogens is 261 g/mol. The Kier molecular flexibility index (Phi) is 3.80. The first kappa shape index (κ1) is 10.2. The van der Waals surface area contributed by atoms with Gasteiger partial charge in [0.25, 0.3) is 0 Å². The van der Waals surface area contributed by atoms with Gasteiger partial charge in [-0.15, -0.1) is 24.0 Å². The highest BCUT2D eigenvalue weighted by Crippen LogP contribution is 2.23. The summed E-state index contributed by atoms with van der Waals surface area (Å²) < 4.78 is 0. The summed E-state index contributed by atoms with van der Waals surface area (Å²) in [5, 5.41) is 18.9. The quantitative estimate of drug-likeness (QED) is 0.480. The number of nitro benzene ring substituents is 1. The molecule has 0 radical (unpaired) electrons. The fourth-order valence-corrected chi connectivity index (χ4v) is 0.619. The molecule has 0 saturated carbocycles. The molecule has 0 aliphatic carbocycles. The minimum absolute atomic E-state index is 0. The van der Waals surface area contributed by atoms with Gasteiger partial charge in [-0.25, -0.2) is 0 Å². The number of para-hydroxylation sites is 2. The molecule has 60 valence electrons. The number of halogens is 1. The Hall–Kier alpha value is -0.850. The molecule has 0 amide bonds. The Balaban J connectivity index is 0.000001000. The second kappa shape index (κ2) is 4.12. The van der Waals surface area contributed by atoms with Crippen molar-refractivity contribution in [2.24, 2.45) is 0 Å². The Labute approximate surface area is 80.0 Å². The number of phenols is 1. The largest absolute Gasteiger partial charge is 0.502 e. The van der Waals surface area contributed by atoms with Crippen LogP contribution in [0.3, 0.4) is 0 Å². The third-order valence-electron chi connectivity index (χ3n) is 1.08. The lowest BCUT2D eigenvalue weighted by Crippen LogP contribution is -1.86. The highest BCUT2D eigenvalue weighted by molar-refractivity contribution is 14.0. The van der Waals surface area contributed by atoms with Crippen LogP contribution in [-0.2, 0) is 0 Å². The van der Waals surface area contributed by atoms with Gasteiger partial charge in [0.2, 0.25) is 0 Å². The summed E-state index contributed by atoms with van der Waals surface area (Å²) in [4.78, 5) is 9.44. The Morgan fingerprint density at radius 2 is 1.91 bits per heavy atom. The molecule has 1 aromatic carbocycles. The average molecular weight is 267 g/mol. The molecule has 0 atom stereocenters. The molecule has 0 aliphatic heterocycles.